The van der Waals surface area contributed by atoms with Crippen LogP contribution in [0.25, 0.3) is 10.9 Å². The summed E-state index contributed by atoms with van der Waals surface area (Å²) in [5, 5.41) is 8.40. The molecule has 1 aliphatic rings. The van der Waals surface area contributed by atoms with Crippen LogP contribution in [-0.4, -0.2) is 28.1 Å². The number of nitrogens with one attached hydrogen (secondary N) is 3. The predicted molar refractivity (Wildman–Crippen MR) is 89.6 cm³/mol. The number of amides is 1. The summed E-state index contributed by atoms with van der Waals surface area (Å²) in [5.41, 5.74) is 6.16. The van der Waals surface area contributed by atoms with Gasteiger partial charge in [0.2, 0.25) is 0 Å². The van der Waals surface area contributed by atoms with Gasteiger partial charge in [0.25, 0.3) is 5.91 Å². The third-order valence-corrected chi connectivity index (χ3v) is 3.84. The largest absolute Gasteiger partial charge is 0.350 e. The number of para-hydroxylation sites is 1. The minimum atomic E-state index is -0.0979. The molecule has 4 rings (SSSR count). The first kappa shape index (κ1) is 13.5. The quantitative estimate of drug-likeness (QED) is 0.636. The summed E-state index contributed by atoms with van der Waals surface area (Å²) >= 11 is 0. The van der Waals surface area contributed by atoms with Gasteiger partial charge in [-0.15, -0.1) is 0 Å². The predicted octanol–water partition coefficient (Wildman–Crippen LogP) is 2.51. The van der Waals surface area contributed by atoms with Crippen molar-refractivity contribution in [2.75, 3.05) is 12.0 Å². The summed E-state index contributed by atoms with van der Waals surface area (Å²) in [4.78, 5) is 19.7. The highest BCUT2D eigenvalue weighted by molar-refractivity contribution is 6.19. The molecule has 23 heavy (non-hydrogen) atoms. The standard InChI is InChI=1S/C17H15N5O/c23-17-16-15(11-5-1-2-6-12(11)20-16)13(8-10-19-17)21-22-14-7-3-4-9-18-14/h1-7,9,20H,8,10H2,(H,18,22)(H,19,23). The highest BCUT2D eigenvalue weighted by atomic mass is 16.1. The number of anilines is 1. The molecule has 0 saturated carbocycles. The van der Waals surface area contributed by atoms with Gasteiger partial charge < -0.3 is 10.3 Å². The smallest absolute Gasteiger partial charge is 0.268 e. The number of aromatic nitrogens is 2. The fourth-order valence-electron chi connectivity index (χ4n) is 2.79. The second kappa shape index (κ2) is 5.57. The van der Waals surface area contributed by atoms with E-state index in [9.17, 15) is 4.79 Å². The van der Waals surface area contributed by atoms with Crippen molar-refractivity contribution in [3.63, 3.8) is 0 Å². The molecule has 6 nitrogen and oxygen atoms in total. The lowest BCUT2D eigenvalue weighted by molar-refractivity contribution is 0.0952. The van der Waals surface area contributed by atoms with Crippen molar-refractivity contribution >= 4 is 28.3 Å². The van der Waals surface area contributed by atoms with Crippen LogP contribution in [0.5, 0.6) is 0 Å². The zero-order valence-corrected chi connectivity index (χ0v) is 12.3. The van der Waals surface area contributed by atoms with Crippen molar-refractivity contribution in [2.45, 2.75) is 6.42 Å². The number of rotatable bonds is 2. The molecule has 0 bridgehead atoms. The van der Waals surface area contributed by atoms with Gasteiger partial charge in [-0.1, -0.05) is 24.3 Å². The minimum Gasteiger partial charge on any atom is -0.350 e. The Morgan fingerprint density at radius 1 is 1.13 bits per heavy atom. The number of H-pyrrole nitrogens is 1. The second-order valence-corrected chi connectivity index (χ2v) is 5.31. The first-order valence-electron chi connectivity index (χ1n) is 7.46. The molecule has 3 N–H and O–H groups in total. The number of hydrazone groups is 1. The lowest BCUT2D eigenvalue weighted by Gasteiger charge is -2.05. The first-order valence-corrected chi connectivity index (χ1v) is 7.46. The van der Waals surface area contributed by atoms with E-state index in [1.54, 1.807) is 6.20 Å². The van der Waals surface area contributed by atoms with Gasteiger partial charge in [0.05, 0.1) is 5.71 Å². The van der Waals surface area contributed by atoms with Crippen LogP contribution in [0.1, 0.15) is 22.5 Å². The minimum absolute atomic E-state index is 0.0979. The Morgan fingerprint density at radius 3 is 2.87 bits per heavy atom. The van der Waals surface area contributed by atoms with Gasteiger partial charge in [-0.25, -0.2) is 4.98 Å². The van der Waals surface area contributed by atoms with Crippen LogP contribution in [0.4, 0.5) is 5.82 Å². The molecule has 6 heteroatoms. The summed E-state index contributed by atoms with van der Waals surface area (Å²) in [7, 11) is 0. The number of fused-ring (bicyclic) bond motifs is 3. The number of hydrogen-bond donors (Lipinski definition) is 3. The average Bonchev–Trinajstić information content (AvgIpc) is 2.91. The van der Waals surface area contributed by atoms with Gasteiger partial charge in [0.15, 0.2) is 0 Å². The van der Waals surface area contributed by atoms with Crippen LogP contribution in [0, 0.1) is 0 Å². The molecule has 1 amide bonds. The molecule has 0 unspecified atom stereocenters. The summed E-state index contributed by atoms with van der Waals surface area (Å²) in [5.74, 6) is 0.573. The van der Waals surface area contributed by atoms with E-state index in [-0.39, 0.29) is 5.91 Å². The van der Waals surface area contributed by atoms with Gasteiger partial charge in [-0.2, -0.15) is 5.10 Å². The SMILES string of the molecule is O=C1NCCC(=NNc2ccccn2)c2c1[nH]c1ccccc21. The molecule has 0 spiro atoms. The molecular formula is C17H15N5O. The van der Waals surface area contributed by atoms with E-state index in [0.29, 0.717) is 24.5 Å². The van der Waals surface area contributed by atoms with E-state index in [0.717, 1.165) is 22.2 Å². The Morgan fingerprint density at radius 2 is 2.00 bits per heavy atom. The van der Waals surface area contributed by atoms with Crippen molar-refractivity contribution in [3.05, 3.63) is 59.9 Å². The Labute approximate surface area is 132 Å². The van der Waals surface area contributed by atoms with Gasteiger partial charge in [-0.05, 0) is 18.2 Å². The highest BCUT2D eigenvalue weighted by Crippen LogP contribution is 2.25. The Balaban J connectivity index is 1.82. The van der Waals surface area contributed by atoms with Crippen LogP contribution in [0.2, 0.25) is 0 Å². The van der Waals surface area contributed by atoms with Crippen molar-refractivity contribution in [3.8, 4) is 0 Å². The van der Waals surface area contributed by atoms with Crippen LogP contribution >= 0.6 is 0 Å². The molecule has 1 aliphatic heterocycles. The number of carbonyl (C=O) groups excluding carboxylic acids is 1. The van der Waals surface area contributed by atoms with Crippen LogP contribution < -0.4 is 10.7 Å². The van der Waals surface area contributed by atoms with Crippen LogP contribution in [-0.2, 0) is 0 Å². The molecule has 0 fully saturated rings. The normalized spacial score (nSPS) is 16.0. The van der Waals surface area contributed by atoms with E-state index >= 15 is 0 Å². The molecule has 3 aromatic rings. The molecule has 0 atom stereocenters. The van der Waals surface area contributed by atoms with Gasteiger partial charge >= 0.3 is 0 Å². The van der Waals surface area contributed by atoms with Gasteiger partial charge in [0.1, 0.15) is 11.5 Å². The molecule has 1 aromatic carbocycles. The zero-order valence-electron chi connectivity index (χ0n) is 12.3. The fourth-order valence-corrected chi connectivity index (χ4v) is 2.79. The summed E-state index contributed by atoms with van der Waals surface area (Å²) in [6, 6.07) is 13.5. The maximum Gasteiger partial charge on any atom is 0.268 e. The number of benzene rings is 1. The van der Waals surface area contributed by atoms with E-state index in [2.05, 4.69) is 25.8 Å². The van der Waals surface area contributed by atoms with E-state index in [4.69, 9.17) is 0 Å². The second-order valence-electron chi connectivity index (χ2n) is 5.31. The van der Waals surface area contributed by atoms with Crippen LogP contribution in [0.3, 0.4) is 0 Å². The first-order chi connectivity index (χ1) is 11.3. The molecule has 2 aromatic heterocycles. The third kappa shape index (κ3) is 2.44. The number of carbonyl (C=O) groups is 1. The van der Waals surface area contributed by atoms with E-state index in [1.807, 2.05) is 42.5 Å². The van der Waals surface area contributed by atoms with Gasteiger partial charge in [-0.3, -0.25) is 10.2 Å². The highest BCUT2D eigenvalue weighted by Gasteiger charge is 2.24. The molecular weight excluding hydrogens is 290 g/mol. The molecule has 114 valence electrons. The summed E-state index contributed by atoms with van der Waals surface area (Å²) < 4.78 is 0. The Bertz CT molecular complexity index is 898. The van der Waals surface area contributed by atoms with Crippen LogP contribution in [0.15, 0.2) is 53.8 Å². The molecule has 0 saturated heterocycles. The monoisotopic (exact) mass is 305 g/mol. The van der Waals surface area contributed by atoms with Crippen molar-refractivity contribution < 1.29 is 4.79 Å². The summed E-state index contributed by atoms with van der Waals surface area (Å²) in [6.07, 6.45) is 2.36. The number of aromatic amines is 1. The maximum absolute atomic E-state index is 12.3. The van der Waals surface area contributed by atoms with E-state index < -0.39 is 0 Å². The third-order valence-electron chi connectivity index (χ3n) is 3.84. The average molecular weight is 305 g/mol. The Hall–Kier alpha value is -3.15. The van der Waals surface area contributed by atoms with Crippen molar-refractivity contribution in [1.29, 1.82) is 0 Å². The molecule has 3 heterocycles. The fraction of sp³-hybridized carbons (Fsp3) is 0.118. The van der Waals surface area contributed by atoms with Gasteiger partial charge in [0, 0.05) is 35.6 Å². The molecule has 0 aliphatic carbocycles. The number of nitrogens with zero attached hydrogens (tertiary/aromatic N) is 2. The topological polar surface area (TPSA) is 82.2 Å². The lowest BCUT2D eigenvalue weighted by atomic mass is 10.0. The number of pyridine rings is 1. The lowest BCUT2D eigenvalue weighted by Crippen LogP contribution is -2.23. The zero-order chi connectivity index (χ0) is 15.6. The van der Waals surface area contributed by atoms with E-state index in [1.165, 1.54) is 0 Å². The van der Waals surface area contributed by atoms with Crippen molar-refractivity contribution in [2.24, 2.45) is 5.10 Å². The number of hydrogen-bond acceptors (Lipinski definition) is 4. The maximum atomic E-state index is 12.3. The Kier molecular flexibility index (Phi) is 3.27. The summed E-state index contributed by atoms with van der Waals surface area (Å²) in [6.45, 7) is 0.554. The molecule has 0 radical (unpaired) electrons. The van der Waals surface area contributed by atoms with Crippen molar-refractivity contribution in [1.82, 2.24) is 15.3 Å².